The molecule has 0 aromatic heterocycles. The molecule has 1 unspecified atom stereocenters. The van der Waals surface area contributed by atoms with E-state index < -0.39 is 15.8 Å². The van der Waals surface area contributed by atoms with Crippen LogP contribution >= 0.6 is 0 Å². The number of hydrogen-bond donors (Lipinski definition) is 1. The maximum absolute atomic E-state index is 12.5. The van der Waals surface area contributed by atoms with Crippen molar-refractivity contribution in [1.82, 2.24) is 13.9 Å². The third kappa shape index (κ3) is 3.90. The molecule has 2 fully saturated rings. The Bertz CT molecular complexity index is 843. The number of hydrogen-bond acceptors (Lipinski definition) is 4. The summed E-state index contributed by atoms with van der Waals surface area (Å²) in [6.45, 7) is 0.868. The van der Waals surface area contributed by atoms with E-state index in [-0.39, 0.29) is 11.8 Å². The molecule has 1 saturated heterocycles. The van der Waals surface area contributed by atoms with Crippen molar-refractivity contribution in [3.63, 3.8) is 0 Å². The van der Waals surface area contributed by atoms with Crippen LogP contribution in [0.15, 0.2) is 24.3 Å². The summed E-state index contributed by atoms with van der Waals surface area (Å²) >= 11 is 0. The van der Waals surface area contributed by atoms with Gasteiger partial charge in [0.1, 0.15) is 11.4 Å². The third-order valence-electron chi connectivity index (χ3n) is 6.10. The fourth-order valence-corrected chi connectivity index (χ4v) is 5.43. The zero-order valence-electron chi connectivity index (χ0n) is 16.6. The van der Waals surface area contributed by atoms with Crippen LogP contribution in [0.5, 0.6) is 5.75 Å². The summed E-state index contributed by atoms with van der Waals surface area (Å²) in [6.07, 6.45) is 4.63. The number of nitrogens with zero attached hydrogens (tertiary/aromatic N) is 2. The average molecular weight is 408 g/mol. The van der Waals surface area contributed by atoms with Crippen molar-refractivity contribution < 1.29 is 17.9 Å². The van der Waals surface area contributed by atoms with Crippen molar-refractivity contribution in [2.24, 2.45) is 0 Å². The maximum Gasteiger partial charge on any atom is 0.281 e. The summed E-state index contributed by atoms with van der Waals surface area (Å²) in [5.74, 6) is 1.04. The second kappa shape index (κ2) is 7.31. The van der Waals surface area contributed by atoms with E-state index in [9.17, 15) is 13.2 Å². The lowest BCUT2D eigenvalue weighted by atomic mass is 9.76. The standard InChI is InChI=1S/C20H29N3O4S/c1-22(2)28(25,26)23-11-9-20(10-12-23)14-15(13-19(24)21-16-7-8-16)17-5-3-4-6-18(17)27-20/h3-6,15-16H,7-14H2,1-2H3,(H,21,24). The Hall–Kier alpha value is -1.64. The molecule has 1 spiro atoms. The van der Waals surface area contributed by atoms with E-state index in [4.69, 9.17) is 4.74 Å². The number of carbonyl (C=O) groups excluding carboxylic acids is 1. The van der Waals surface area contributed by atoms with Gasteiger partial charge in [-0.05, 0) is 30.9 Å². The minimum Gasteiger partial charge on any atom is -0.487 e. The van der Waals surface area contributed by atoms with E-state index in [1.54, 1.807) is 14.1 Å². The minimum atomic E-state index is -3.41. The highest BCUT2D eigenvalue weighted by Gasteiger charge is 2.45. The Kier molecular flexibility index (Phi) is 5.14. The molecule has 154 valence electrons. The zero-order chi connectivity index (χ0) is 19.9. The van der Waals surface area contributed by atoms with Gasteiger partial charge in [0, 0.05) is 58.4 Å². The molecule has 1 amide bonds. The summed E-state index contributed by atoms with van der Waals surface area (Å²) < 4.78 is 34.1. The Morgan fingerprint density at radius 2 is 1.93 bits per heavy atom. The van der Waals surface area contributed by atoms with Crippen LogP contribution in [0.3, 0.4) is 0 Å². The molecule has 0 radical (unpaired) electrons. The van der Waals surface area contributed by atoms with Gasteiger partial charge in [-0.2, -0.15) is 17.0 Å². The second-order valence-corrected chi connectivity index (χ2v) is 10.6. The first-order valence-electron chi connectivity index (χ1n) is 10.0. The summed E-state index contributed by atoms with van der Waals surface area (Å²) in [5, 5.41) is 3.09. The predicted octanol–water partition coefficient (Wildman–Crippen LogP) is 1.86. The van der Waals surface area contributed by atoms with Gasteiger partial charge in [-0.25, -0.2) is 0 Å². The number of amides is 1. The average Bonchev–Trinajstić information content (AvgIpc) is 3.45. The quantitative estimate of drug-likeness (QED) is 0.808. The fourth-order valence-electron chi connectivity index (χ4n) is 4.33. The number of piperidine rings is 1. The monoisotopic (exact) mass is 407 g/mol. The van der Waals surface area contributed by atoms with Crippen molar-refractivity contribution in [3.8, 4) is 5.75 Å². The van der Waals surface area contributed by atoms with Crippen LogP contribution in [0.1, 0.15) is 50.0 Å². The first-order valence-corrected chi connectivity index (χ1v) is 11.4. The van der Waals surface area contributed by atoms with Gasteiger partial charge in [0.05, 0.1) is 0 Å². The number of rotatable bonds is 5. The van der Waals surface area contributed by atoms with Gasteiger partial charge in [-0.15, -0.1) is 0 Å². The smallest absolute Gasteiger partial charge is 0.281 e. The Balaban J connectivity index is 1.51. The molecule has 1 aromatic carbocycles. The van der Waals surface area contributed by atoms with Gasteiger partial charge in [0.2, 0.25) is 5.91 Å². The van der Waals surface area contributed by atoms with Crippen LogP contribution in [-0.4, -0.2) is 61.8 Å². The Morgan fingerprint density at radius 1 is 1.25 bits per heavy atom. The highest BCUT2D eigenvalue weighted by atomic mass is 32.2. The van der Waals surface area contributed by atoms with E-state index in [1.807, 2.05) is 24.3 Å². The van der Waals surface area contributed by atoms with Crippen molar-refractivity contribution in [3.05, 3.63) is 29.8 Å². The molecule has 2 heterocycles. The van der Waals surface area contributed by atoms with Crippen LogP contribution in [0.4, 0.5) is 0 Å². The molecule has 0 bridgehead atoms. The van der Waals surface area contributed by atoms with Gasteiger partial charge in [0.15, 0.2) is 0 Å². The Morgan fingerprint density at radius 3 is 2.57 bits per heavy atom. The fraction of sp³-hybridized carbons (Fsp3) is 0.650. The number of benzene rings is 1. The summed E-state index contributed by atoms with van der Waals surface area (Å²) in [5.41, 5.74) is 0.680. The molecule has 1 aliphatic carbocycles. The lowest BCUT2D eigenvalue weighted by Gasteiger charge is -2.46. The lowest BCUT2D eigenvalue weighted by molar-refractivity contribution is -0.122. The number of fused-ring (bicyclic) bond motifs is 1. The van der Waals surface area contributed by atoms with E-state index in [0.29, 0.717) is 38.4 Å². The highest BCUT2D eigenvalue weighted by Crippen LogP contribution is 2.46. The van der Waals surface area contributed by atoms with Crippen LogP contribution < -0.4 is 10.1 Å². The van der Waals surface area contributed by atoms with E-state index >= 15 is 0 Å². The summed E-state index contributed by atoms with van der Waals surface area (Å²) in [7, 11) is -0.294. The number of nitrogens with one attached hydrogen (secondary N) is 1. The summed E-state index contributed by atoms with van der Waals surface area (Å²) in [4.78, 5) is 12.5. The van der Waals surface area contributed by atoms with E-state index in [0.717, 1.165) is 30.6 Å². The van der Waals surface area contributed by atoms with Gasteiger partial charge in [-0.3, -0.25) is 4.79 Å². The van der Waals surface area contributed by atoms with Crippen LogP contribution in [0.25, 0.3) is 0 Å². The maximum atomic E-state index is 12.5. The molecule has 1 aromatic rings. The highest BCUT2D eigenvalue weighted by molar-refractivity contribution is 7.86. The first-order chi connectivity index (χ1) is 13.3. The molecule has 3 aliphatic rings. The van der Waals surface area contributed by atoms with Crippen LogP contribution in [-0.2, 0) is 15.0 Å². The van der Waals surface area contributed by atoms with Crippen molar-refractivity contribution >= 4 is 16.1 Å². The SMILES string of the molecule is CN(C)S(=O)(=O)N1CCC2(CC1)CC(CC(=O)NC1CC1)c1ccccc1O2. The molecule has 1 atom stereocenters. The van der Waals surface area contributed by atoms with Crippen molar-refractivity contribution in [2.45, 2.75) is 56.1 Å². The molecular formula is C20H29N3O4S. The third-order valence-corrected chi connectivity index (χ3v) is 8.04. The largest absolute Gasteiger partial charge is 0.487 e. The van der Waals surface area contributed by atoms with Crippen molar-refractivity contribution in [1.29, 1.82) is 0 Å². The van der Waals surface area contributed by atoms with Gasteiger partial charge in [0.25, 0.3) is 10.2 Å². The number of carbonyl (C=O) groups is 1. The normalized spacial score (nSPS) is 24.6. The van der Waals surface area contributed by atoms with Gasteiger partial charge >= 0.3 is 0 Å². The predicted molar refractivity (Wildman–Crippen MR) is 106 cm³/mol. The molecule has 2 aliphatic heterocycles. The number of ether oxygens (including phenoxy) is 1. The van der Waals surface area contributed by atoms with E-state index in [2.05, 4.69) is 5.32 Å². The topological polar surface area (TPSA) is 79.0 Å². The van der Waals surface area contributed by atoms with Gasteiger partial charge < -0.3 is 10.1 Å². The summed E-state index contributed by atoms with van der Waals surface area (Å²) in [6, 6.07) is 8.30. The molecule has 1 saturated carbocycles. The number of para-hydroxylation sites is 1. The molecule has 4 rings (SSSR count). The van der Waals surface area contributed by atoms with Crippen LogP contribution in [0, 0.1) is 0 Å². The zero-order valence-corrected chi connectivity index (χ0v) is 17.4. The lowest BCUT2D eigenvalue weighted by Crippen LogP contribution is -2.53. The van der Waals surface area contributed by atoms with Gasteiger partial charge in [-0.1, -0.05) is 18.2 Å². The molecular weight excluding hydrogens is 378 g/mol. The van der Waals surface area contributed by atoms with Crippen molar-refractivity contribution in [2.75, 3.05) is 27.2 Å². The molecule has 8 heteroatoms. The molecule has 28 heavy (non-hydrogen) atoms. The molecule has 1 N–H and O–H groups in total. The molecule has 7 nitrogen and oxygen atoms in total. The van der Waals surface area contributed by atoms with E-state index in [1.165, 1.54) is 8.61 Å². The Labute approximate surface area is 167 Å². The minimum absolute atomic E-state index is 0.0979. The van der Waals surface area contributed by atoms with Crippen LogP contribution in [0.2, 0.25) is 0 Å². The second-order valence-electron chi connectivity index (χ2n) is 8.46. The first kappa shape index (κ1) is 19.7.